The van der Waals surface area contributed by atoms with E-state index in [1.807, 2.05) is 0 Å². The standard InChI is InChI=1S/C18H26N2O4S/c1-14-6-8-15(9-7-14)19-18(21)16-4-2-3-5-17(16)25(22,23)20-10-12-24-13-11-20/h2-5,14-15H,6-13H2,1H3,(H,19,21). The number of nitrogens with one attached hydrogen (secondary N) is 1. The summed E-state index contributed by atoms with van der Waals surface area (Å²) in [6, 6.07) is 6.60. The van der Waals surface area contributed by atoms with Crippen LogP contribution in [0, 0.1) is 5.92 Å². The van der Waals surface area contributed by atoms with Crippen molar-refractivity contribution in [2.45, 2.75) is 43.5 Å². The van der Waals surface area contributed by atoms with Gasteiger partial charge >= 0.3 is 0 Å². The second-order valence-corrected chi connectivity index (χ2v) is 8.85. The summed E-state index contributed by atoms with van der Waals surface area (Å²) >= 11 is 0. The summed E-state index contributed by atoms with van der Waals surface area (Å²) in [4.78, 5) is 12.8. The van der Waals surface area contributed by atoms with E-state index in [1.165, 1.54) is 10.4 Å². The van der Waals surface area contributed by atoms with E-state index < -0.39 is 10.0 Å². The number of sulfonamides is 1. The van der Waals surface area contributed by atoms with Crippen molar-refractivity contribution in [1.82, 2.24) is 9.62 Å². The summed E-state index contributed by atoms with van der Waals surface area (Å²) in [5, 5.41) is 3.02. The van der Waals surface area contributed by atoms with Gasteiger partial charge in [0.15, 0.2) is 0 Å². The van der Waals surface area contributed by atoms with Crippen LogP contribution in [0.3, 0.4) is 0 Å². The summed E-state index contributed by atoms with van der Waals surface area (Å²) in [6.45, 7) is 3.63. The highest BCUT2D eigenvalue weighted by Crippen LogP contribution is 2.25. The first-order valence-corrected chi connectivity index (χ1v) is 10.4. The molecule has 1 aromatic carbocycles. The van der Waals surface area contributed by atoms with Crippen LogP contribution in [0.15, 0.2) is 29.2 Å². The van der Waals surface area contributed by atoms with Crippen LogP contribution >= 0.6 is 0 Å². The van der Waals surface area contributed by atoms with Gasteiger partial charge in [0.1, 0.15) is 0 Å². The Bertz CT molecular complexity index is 706. The predicted octanol–water partition coefficient (Wildman–Crippen LogP) is 2.02. The average molecular weight is 366 g/mol. The lowest BCUT2D eigenvalue weighted by Crippen LogP contribution is -2.42. The number of nitrogens with zero attached hydrogens (tertiary/aromatic N) is 1. The summed E-state index contributed by atoms with van der Waals surface area (Å²) < 4.78 is 32.5. The topological polar surface area (TPSA) is 75.7 Å². The number of amides is 1. The van der Waals surface area contributed by atoms with Gasteiger partial charge in [-0.3, -0.25) is 4.79 Å². The van der Waals surface area contributed by atoms with Gasteiger partial charge in [-0.15, -0.1) is 0 Å². The Morgan fingerprint density at radius 1 is 1.12 bits per heavy atom. The lowest BCUT2D eigenvalue weighted by Gasteiger charge is -2.28. The second-order valence-electron chi connectivity index (χ2n) is 6.94. The van der Waals surface area contributed by atoms with E-state index >= 15 is 0 Å². The maximum atomic E-state index is 12.9. The smallest absolute Gasteiger partial charge is 0.252 e. The molecule has 0 unspecified atom stereocenters. The minimum atomic E-state index is -3.69. The molecule has 1 amide bonds. The van der Waals surface area contributed by atoms with Crippen molar-refractivity contribution < 1.29 is 17.9 Å². The van der Waals surface area contributed by atoms with Crippen LogP contribution in [-0.2, 0) is 14.8 Å². The maximum absolute atomic E-state index is 12.9. The van der Waals surface area contributed by atoms with E-state index in [4.69, 9.17) is 4.74 Å². The number of hydrogen-bond donors (Lipinski definition) is 1. The van der Waals surface area contributed by atoms with Crippen LogP contribution in [-0.4, -0.2) is 51.0 Å². The third-order valence-electron chi connectivity index (χ3n) is 5.07. The fraction of sp³-hybridized carbons (Fsp3) is 0.611. The Labute approximate surface area is 149 Å². The molecule has 25 heavy (non-hydrogen) atoms. The minimum absolute atomic E-state index is 0.0820. The highest BCUT2D eigenvalue weighted by molar-refractivity contribution is 7.89. The monoisotopic (exact) mass is 366 g/mol. The van der Waals surface area contributed by atoms with Gasteiger partial charge in [0.25, 0.3) is 5.91 Å². The fourth-order valence-corrected chi connectivity index (χ4v) is 5.07. The van der Waals surface area contributed by atoms with Crippen LogP contribution in [0.2, 0.25) is 0 Å². The zero-order valence-electron chi connectivity index (χ0n) is 14.6. The van der Waals surface area contributed by atoms with Crippen molar-refractivity contribution in [3.8, 4) is 0 Å². The van der Waals surface area contributed by atoms with Crippen molar-refractivity contribution in [1.29, 1.82) is 0 Å². The van der Waals surface area contributed by atoms with Crippen LogP contribution in [0.1, 0.15) is 43.0 Å². The van der Waals surface area contributed by atoms with Gasteiger partial charge in [-0.05, 0) is 43.7 Å². The predicted molar refractivity (Wildman–Crippen MR) is 94.9 cm³/mol. The first kappa shape index (κ1) is 18.4. The molecule has 1 saturated carbocycles. The van der Waals surface area contributed by atoms with Crippen LogP contribution in [0.4, 0.5) is 0 Å². The second kappa shape index (κ2) is 7.85. The van der Waals surface area contributed by atoms with Gasteiger partial charge in [-0.25, -0.2) is 8.42 Å². The zero-order chi connectivity index (χ0) is 17.9. The minimum Gasteiger partial charge on any atom is -0.379 e. The molecular weight excluding hydrogens is 340 g/mol. The molecule has 1 saturated heterocycles. The van der Waals surface area contributed by atoms with Crippen LogP contribution in [0.25, 0.3) is 0 Å². The molecule has 0 bridgehead atoms. The zero-order valence-corrected chi connectivity index (χ0v) is 15.4. The van der Waals surface area contributed by atoms with Gasteiger partial charge in [0, 0.05) is 19.1 Å². The van der Waals surface area contributed by atoms with Gasteiger partial charge in [0.05, 0.1) is 23.7 Å². The molecule has 138 valence electrons. The summed E-state index contributed by atoms with van der Waals surface area (Å²) in [5.41, 5.74) is 0.229. The van der Waals surface area contributed by atoms with Crippen molar-refractivity contribution in [3.05, 3.63) is 29.8 Å². The Hall–Kier alpha value is -1.44. The van der Waals surface area contributed by atoms with Crippen LogP contribution in [0.5, 0.6) is 0 Å². The van der Waals surface area contributed by atoms with E-state index in [2.05, 4.69) is 12.2 Å². The first-order valence-electron chi connectivity index (χ1n) is 8.96. The number of morpholine rings is 1. The number of benzene rings is 1. The molecule has 0 radical (unpaired) electrons. The van der Waals surface area contributed by atoms with E-state index in [1.54, 1.807) is 18.2 Å². The number of carbonyl (C=O) groups excluding carboxylic acids is 1. The van der Waals surface area contributed by atoms with Crippen molar-refractivity contribution in [3.63, 3.8) is 0 Å². The molecule has 7 heteroatoms. The largest absolute Gasteiger partial charge is 0.379 e. The Morgan fingerprint density at radius 2 is 1.76 bits per heavy atom. The molecule has 2 fully saturated rings. The average Bonchev–Trinajstić information content (AvgIpc) is 2.64. The van der Waals surface area contributed by atoms with Gasteiger partial charge < -0.3 is 10.1 Å². The quantitative estimate of drug-likeness (QED) is 0.884. The lowest BCUT2D eigenvalue weighted by atomic mass is 9.87. The van der Waals surface area contributed by atoms with E-state index in [9.17, 15) is 13.2 Å². The molecule has 0 aromatic heterocycles. The van der Waals surface area contributed by atoms with Gasteiger partial charge in [-0.1, -0.05) is 19.1 Å². The molecular formula is C18H26N2O4S. The SMILES string of the molecule is CC1CCC(NC(=O)c2ccccc2S(=O)(=O)N2CCOCC2)CC1. The molecule has 1 aliphatic carbocycles. The molecule has 1 N–H and O–H groups in total. The number of hydrogen-bond acceptors (Lipinski definition) is 4. The van der Waals surface area contributed by atoms with Crippen LogP contribution < -0.4 is 5.32 Å². The van der Waals surface area contributed by atoms with Gasteiger partial charge in [0.2, 0.25) is 10.0 Å². The van der Waals surface area contributed by atoms with Gasteiger partial charge in [-0.2, -0.15) is 4.31 Å². The highest BCUT2D eigenvalue weighted by Gasteiger charge is 2.30. The molecule has 1 aromatic rings. The molecule has 1 aliphatic heterocycles. The third-order valence-corrected chi connectivity index (χ3v) is 7.03. The number of carbonyl (C=O) groups is 1. The molecule has 1 heterocycles. The van der Waals surface area contributed by atoms with E-state index in [-0.39, 0.29) is 22.4 Å². The van der Waals surface area contributed by atoms with Crippen molar-refractivity contribution in [2.75, 3.05) is 26.3 Å². The number of ether oxygens (including phenoxy) is 1. The molecule has 3 rings (SSSR count). The van der Waals surface area contributed by atoms with E-state index in [0.29, 0.717) is 32.2 Å². The number of rotatable bonds is 4. The lowest BCUT2D eigenvalue weighted by molar-refractivity contribution is 0.0729. The summed E-state index contributed by atoms with van der Waals surface area (Å²) in [5.74, 6) is 0.397. The van der Waals surface area contributed by atoms with Crippen molar-refractivity contribution in [2.24, 2.45) is 5.92 Å². The fourth-order valence-electron chi connectivity index (χ4n) is 3.47. The Kier molecular flexibility index (Phi) is 5.76. The normalized spacial score (nSPS) is 25.5. The Morgan fingerprint density at radius 3 is 2.44 bits per heavy atom. The third kappa shape index (κ3) is 4.22. The first-order chi connectivity index (χ1) is 12.0. The maximum Gasteiger partial charge on any atom is 0.252 e. The van der Waals surface area contributed by atoms with Crippen molar-refractivity contribution >= 4 is 15.9 Å². The molecule has 2 aliphatic rings. The molecule has 6 nitrogen and oxygen atoms in total. The molecule has 0 spiro atoms. The summed E-state index contributed by atoms with van der Waals surface area (Å²) in [7, 11) is -3.69. The van der Waals surface area contributed by atoms with E-state index in [0.717, 1.165) is 25.7 Å². The Balaban J connectivity index is 1.79. The summed E-state index contributed by atoms with van der Waals surface area (Å²) in [6.07, 6.45) is 4.09. The highest BCUT2D eigenvalue weighted by atomic mass is 32.2. The molecule has 0 atom stereocenters.